The third-order valence-corrected chi connectivity index (χ3v) is 3.35. The molecule has 1 fully saturated rings. The first kappa shape index (κ1) is 11.9. The van der Waals surface area contributed by atoms with E-state index in [9.17, 15) is 0 Å². The van der Waals surface area contributed by atoms with Gasteiger partial charge in [-0.25, -0.2) is 0 Å². The number of thioether (sulfide) groups is 1. The van der Waals surface area contributed by atoms with Crippen molar-refractivity contribution in [2.45, 2.75) is 40.7 Å². The molecule has 1 N–H and O–H groups in total. The Morgan fingerprint density at radius 1 is 1.50 bits per heavy atom. The molecule has 0 saturated carbocycles. The Morgan fingerprint density at radius 2 is 2.14 bits per heavy atom. The second kappa shape index (κ2) is 4.56. The summed E-state index contributed by atoms with van der Waals surface area (Å²) >= 11 is 1.86. The highest BCUT2D eigenvalue weighted by molar-refractivity contribution is 8.14. The summed E-state index contributed by atoms with van der Waals surface area (Å²) in [4.78, 5) is 4.55. The third-order valence-electron chi connectivity index (χ3n) is 2.33. The van der Waals surface area contributed by atoms with Crippen molar-refractivity contribution in [3.8, 4) is 0 Å². The lowest BCUT2D eigenvalue weighted by Gasteiger charge is -2.26. The van der Waals surface area contributed by atoms with Gasteiger partial charge in [0.25, 0.3) is 0 Å². The topological polar surface area (TPSA) is 24.4 Å². The van der Waals surface area contributed by atoms with Crippen LogP contribution in [0.1, 0.15) is 34.6 Å². The molecule has 1 heterocycles. The number of nitrogens with zero attached hydrogens (tertiary/aromatic N) is 1. The first-order valence-electron chi connectivity index (χ1n) is 5.33. The fourth-order valence-electron chi connectivity index (χ4n) is 1.22. The average molecular weight is 214 g/mol. The largest absolute Gasteiger partial charge is 0.361 e. The van der Waals surface area contributed by atoms with E-state index in [1.165, 1.54) is 0 Å². The van der Waals surface area contributed by atoms with E-state index in [-0.39, 0.29) is 0 Å². The molecule has 14 heavy (non-hydrogen) atoms. The Labute approximate surface area is 92.0 Å². The molecule has 0 aromatic heterocycles. The van der Waals surface area contributed by atoms with Crippen LogP contribution >= 0.6 is 11.8 Å². The quantitative estimate of drug-likeness (QED) is 0.764. The van der Waals surface area contributed by atoms with Gasteiger partial charge in [-0.15, -0.1) is 0 Å². The van der Waals surface area contributed by atoms with Crippen molar-refractivity contribution < 1.29 is 0 Å². The molecular weight excluding hydrogens is 192 g/mol. The molecule has 1 saturated heterocycles. The molecule has 0 bridgehead atoms. The minimum atomic E-state index is 0.335. The SMILES string of the molecule is CC(C)CN=C1NC(C(C)(C)C)CS1. The second-order valence-electron chi connectivity index (χ2n) is 5.41. The molecule has 0 radical (unpaired) electrons. The Bertz CT molecular complexity index is 216. The van der Waals surface area contributed by atoms with Gasteiger partial charge in [0.1, 0.15) is 0 Å². The first-order chi connectivity index (χ1) is 6.39. The Morgan fingerprint density at radius 3 is 2.57 bits per heavy atom. The van der Waals surface area contributed by atoms with Crippen LogP contribution in [0.25, 0.3) is 0 Å². The summed E-state index contributed by atoms with van der Waals surface area (Å²) in [6.07, 6.45) is 0. The molecule has 1 aliphatic heterocycles. The number of aliphatic imine (C=N–C) groups is 1. The van der Waals surface area contributed by atoms with E-state index in [0.29, 0.717) is 17.4 Å². The molecule has 1 aliphatic rings. The summed E-state index contributed by atoms with van der Waals surface area (Å²) in [5, 5.41) is 4.64. The van der Waals surface area contributed by atoms with Crippen molar-refractivity contribution in [2.24, 2.45) is 16.3 Å². The number of hydrogen-bond acceptors (Lipinski definition) is 2. The maximum absolute atomic E-state index is 4.55. The lowest BCUT2D eigenvalue weighted by molar-refractivity contribution is 0.325. The van der Waals surface area contributed by atoms with Crippen molar-refractivity contribution in [3.63, 3.8) is 0 Å². The van der Waals surface area contributed by atoms with Gasteiger partial charge in [0.15, 0.2) is 5.17 Å². The van der Waals surface area contributed by atoms with Crippen LogP contribution in [-0.4, -0.2) is 23.5 Å². The molecule has 1 unspecified atom stereocenters. The van der Waals surface area contributed by atoms with Crippen molar-refractivity contribution in [3.05, 3.63) is 0 Å². The monoisotopic (exact) mass is 214 g/mol. The summed E-state index contributed by atoms with van der Waals surface area (Å²) in [5.41, 5.74) is 0.335. The molecule has 3 heteroatoms. The molecule has 0 aromatic carbocycles. The summed E-state index contributed by atoms with van der Waals surface area (Å²) < 4.78 is 0. The molecule has 82 valence electrons. The molecule has 0 aliphatic carbocycles. The summed E-state index contributed by atoms with van der Waals surface area (Å²) in [7, 11) is 0. The van der Waals surface area contributed by atoms with Crippen molar-refractivity contribution >= 4 is 16.9 Å². The summed E-state index contributed by atoms with van der Waals surface area (Å²) in [5.74, 6) is 1.80. The zero-order valence-electron chi connectivity index (χ0n) is 9.92. The van der Waals surface area contributed by atoms with Crippen LogP contribution in [0, 0.1) is 11.3 Å². The normalized spacial score (nSPS) is 25.9. The fourth-order valence-corrected chi connectivity index (χ4v) is 2.52. The first-order valence-corrected chi connectivity index (χ1v) is 6.32. The van der Waals surface area contributed by atoms with Gasteiger partial charge in [-0.3, -0.25) is 4.99 Å². The van der Waals surface area contributed by atoms with Crippen LogP contribution in [0.15, 0.2) is 4.99 Å². The van der Waals surface area contributed by atoms with E-state index in [1.54, 1.807) is 0 Å². The van der Waals surface area contributed by atoms with Gasteiger partial charge in [0, 0.05) is 18.3 Å². The van der Waals surface area contributed by atoms with Crippen LogP contribution in [0.4, 0.5) is 0 Å². The number of nitrogens with one attached hydrogen (secondary N) is 1. The smallest absolute Gasteiger partial charge is 0.156 e. The van der Waals surface area contributed by atoms with E-state index < -0.39 is 0 Å². The highest BCUT2D eigenvalue weighted by atomic mass is 32.2. The molecule has 1 atom stereocenters. The minimum Gasteiger partial charge on any atom is -0.361 e. The lowest BCUT2D eigenvalue weighted by Crippen LogP contribution is -2.38. The van der Waals surface area contributed by atoms with Gasteiger partial charge in [-0.1, -0.05) is 46.4 Å². The second-order valence-corrected chi connectivity index (χ2v) is 6.42. The van der Waals surface area contributed by atoms with Gasteiger partial charge in [0.05, 0.1) is 0 Å². The van der Waals surface area contributed by atoms with E-state index in [2.05, 4.69) is 44.9 Å². The average Bonchev–Trinajstić information content (AvgIpc) is 2.47. The van der Waals surface area contributed by atoms with Gasteiger partial charge < -0.3 is 5.32 Å². The van der Waals surface area contributed by atoms with Crippen molar-refractivity contribution in [1.82, 2.24) is 5.32 Å². The van der Waals surface area contributed by atoms with Gasteiger partial charge in [-0.2, -0.15) is 0 Å². The zero-order chi connectivity index (χ0) is 10.8. The zero-order valence-corrected chi connectivity index (χ0v) is 10.7. The van der Waals surface area contributed by atoms with E-state index in [0.717, 1.165) is 17.5 Å². The Hall–Kier alpha value is -0.180. The highest BCUT2D eigenvalue weighted by Gasteiger charge is 2.30. The van der Waals surface area contributed by atoms with E-state index in [4.69, 9.17) is 0 Å². The van der Waals surface area contributed by atoms with Crippen LogP contribution in [-0.2, 0) is 0 Å². The van der Waals surface area contributed by atoms with E-state index >= 15 is 0 Å². The number of amidine groups is 1. The van der Waals surface area contributed by atoms with Crippen molar-refractivity contribution in [1.29, 1.82) is 0 Å². The fraction of sp³-hybridized carbons (Fsp3) is 0.909. The predicted molar refractivity (Wildman–Crippen MR) is 66.0 cm³/mol. The van der Waals surface area contributed by atoms with Crippen LogP contribution < -0.4 is 5.32 Å². The van der Waals surface area contributed by atoms with Crippen LogP contribution in [0.5, 0.6) is 0 Å². The standard InChI is InChI=1S/C11H22N2S/c1-8(2)6-12-10-13-9(7-14-10)11(3,4)5/h8-9H,6-7H2,1-5H3,(H,12,13). The molecule has 2 nitrogen and oxygen atoms in total. The molecule has 0 spiro atoms. The summed E-state index contributed by atoms with van der Waals surface area (Å²) in [6.45, 7) is 12.2. The minimum absolute atomic E-state index is 0.335. The van der Waals surface area contributed by atoms with Crippen LogP contribution in [0.3, 0.4) is 0 Å². The number of hydrogen-bond donors (Lipinski definition) is 1. The van der Waals surface area contributed by atoms with E-state index in [1.807, 2.05) is 11.8 Å². The summed E-state index contributed by atoms with van der Waals surface area (Å²) in [6, 6.07) is 0.568. The van der Waals surface area contributed by atoms with Gasteiger partial charge in [0.2, 0.25) is 0 Å². The van der Waals surface area contributed by atoms with Crippen molar-refractivity contribution in [2.75, 3.05) is 12.3 Å². The maximum atomic E-state index is 4.55. The van der Waals surface area contributed by atoms with Gasteiger partial charge >= 0.3 is 0 Å². The van der Waals surface area contributed by atoms with Gasteiger partial charge in [-0.05, 0) is 11.3 Å². The predicted octanol–water partition coefficient (Wildman–Crippen LogP) is 2.75. The Kier molecular flexibility index (Phi) is 3.87. The molecular formula is C11H22N2S. The highest BCUT2D eigenvalue weighted by Crippen LogP contribution is 2.27. The molecule has 0 amide bonds. The number of rotatable bonds is 2. The third kappa shape index (κ3) is 3.52. The van der Waals surface area contributed by atoms with Crippen LogP contribution in [0.2, 0.25) is 0 Å². The molecule has 1 rings (SSSR count). The Balaban J connectivity index is 2.45. The maximum Gasteiger partial charge on any atom is 0.156 e. The molecule has 0 aromatic rings. The lowest BCUT2D eigenvalue weighted by atomic mass is 9.88.